The van der Waals surface area contributed by atoms with Crippen LogP contribution in [0, 0.1) is 0 Å². The van der Waals surface area contributed by atoms with Crippen molar-refractivity contribution in [2.75, 3.05) is 11.4 Å². The zero-order valence-electron chi connectivity index (χ0n) is 10.9. The van der Waals surface area contributed by atoms with Gasteiger partial charge in [-0.05, 0) is 40.5 Å². The van der Waals surface area contributed by atoms with Crippen LogP contribution < -0.4 is 10.6 Å². The molecular formula is C14H17BrN4. The average Bonchev–Trinajstić information content (AvgIpc) is 2.85. The number of aromatic nitrogens is 2. The van der Waals surface area contributed by atoms with Crippen LogP contribution in [0.5, 0.6) is 0 Å². The Kier molecular flexibility index (Phi) is 3.33. The van der Waals surface area contributed by atoms with Gasteiger partial charge in [-0.2, -0.15) is 0 Å². The molecule has 0 amide bonds. The normalized spacial score (nSPS) is 16.3. The average molecular weight is 321 g/mol. The number of hydrogen-bond acceptors (Lipinski definition) is 3. The standard InChI is InChI=1S/C14H17BrN4/c1-10(16)11-2-3-13(12(15)8-11)19-7-6-18-5-4-17-14(18)9-19/h2-5,8,10H,6-7,9,16H2,1H3/t10-/m1/s1. The summed E-state index contributed by atoms with van der Waals surface area (Å²) < 4.78 is 3.31. The quantitative estimate of drug-likeness (QED) is 0.925. The van der Waals surface area contributed by atoms with Gasteiger partial charge in [0.25, 0.3) is 0 Å². The lowest BCUT2D eigenvalue weighted by molar-refractivity contribution is 0.559. The Morgan fingerprint density at radius 2 is 2.21 bits per heavy atom. The number of rotatable bonds is 2. The van der Waals surface area contributed by atoms with Crippen molar-refractivity contribution in [3.63, 3.8) is 0 Å². The molecule has 1 aromatic carbocycles. The topological polar surface area (TPSA) is 47.1 Å². The van der Waals surface area contributed by atoms with Crippen molar-refractivity contribution in [2.45, 2.75) is 26.1 Å². The van der Waals surface area contributed by atoms with E-state index >= 15 is 0 Å². The highest BCUT2D eigenvalue weighted by Crippen LogP contribution is 2.31. The number of anilines is 1. The van der Waals surface area contributed by atoms with E-state index in [-0.39, 0.29) is 6.04 Å². The van der Waals surface area contributed by atoms with Gasteiger partial charge in [0, 0.05) is 36.0 Å². The van der Waals surface area contributed by atoms with Gasteiger partial charge in [0.2, 0.25) is 0 Å². The van der Waals surface area contributed by atoms with Gasteiger partial charge in [0.15, 0.2) is 0 Å². The van der Waals surface area contributed by atoms with Crippen LogP contribution in [0.4, 0.5) is 5.69 Å². The van der Waals surface area contributed by atoms with Crippen molar-refractivity contribution in [3.05, 3.63) is 46.5 Å². The van der Waals surface area contributed by atoms with Crippen LogP contribution in [-0.4, -0.2) is 16.1 Å². The van der Waals surface area contributed by atoms with E-state index in [4.69, 9.17) is 5.73 Å². The highest BCUT2D eigenvalue weighted by molar-refractivity contribution is 9.10. The molecule has 1 aliphatic heterocycles. The third kappa shape index (κ3) is 2.40. The van der Waals surface area contributed by atoms with Gasteiger partial charge in [-0.1, -0.05) is 6.07 Å². The summed E-state index contributed by atoms with van der Waals surface area (Å²) in [5.74, 6) is 1.12. The molecule has 3 rings (SSSR count). The second-order valence-corrected chi connectivity index (χ2v) is 5.81. The smallest absolute Gasteiger partial charge is 0.128 e. The Morgan fingerprint density at radius 3 is 2.95 bits per heavy atom. The van der Waals surface area contributed by atoms with Crippen molar-refractivity contribution in [1.82, 2.24) is 9.55 Å². The fraction of sp³-hybridized carbons (Fsp3) is 0.357. The first kappa shape index (κ1) is 12.7. The summed E-state index contributed by atoms with van der Waals surface area (Å²) in [7, 11) is 0. The Hall–Kier alpha value is -1.33. The molecule has 1 atom stereocenters. The summed E-state index contributed by atoms with van der Waals surface area (Å²) in [6.07, 6.45) is 3.91. The zero-order valence-corrected chi connectivity index (χ0v) is 12.5. The molecule has 0 saturated heterocycles. The summed E-state index contributed by atoms with van der Waals surface area (Å²) >= 11 is 3.66. The molecule has 19 heavy (non-hydrogen) atoms. The molecule has 2 heterocycles. The van der Waals surface area contributed by atoms with E-state index in [0.717, 1.165) is 35.5 Å². The van der Waals surface area contributed by atoms with Crippen LogP contribution in [0.1, 0.15) is 24.4 Å². The molecule has 2 N–H and O–H groups in total. The summed E-state index contributed by atoms with van der Waals surface area (Å²) in [4.78, 5) is 6.74. The molecule has 1 aliphatic rings. The van der Waals surface area contributed by atoms with E-state index in [9.17, 15) is 0 Å². The molecule has 0 unspecified atom stereocenters. The van der Waals surface area contributed by atoms with Crippen molar-refractivity contribution in [2.24, 2.45) is 5.73 Å². The predicted octanol–water partition coefficient (Wildman–Crippen LogP) is 2.69. The van der Waals surface area contributed by atoms with E-state index in [1.54, 1.807) is 0 Å². The first-order valence-electron chi connectivity index (χ1n) is 6.45. The lowest BCUT2D eigenvalue weighted by Gasteiger charge is -2.30. The van der Waals surface area contributed by atoms with Gasteiger partial charge in [0.1, 0.15) is 5.82 Å². The Bertz CT molecular complexity index is 591. The Balaban J connectivity index is 1.88. The number of halogens is 1. The third-order valence-electron chi connectivity index (χ3n) is 3.58. The van der Waals surface area contributed by atoms with Gasteiger partial charge >= 0.3 is 0 Å². The minimum absolute atomic E-state index is 0.0607. The van der Waals surface area contributed by atoms with Gasteiger partial charge in [-0.3, -0.25) is 0 Å². The summed E-state index contributed by atoms with van der Waals surface area (Å²) in [6.45, 7) is 4.83. The number of fused-ring (bicyclic) bond motifs is 1. The van der Waals surface area contributed by atoms with Crippen molar-refractivity contribution < 1.29 is 0 Å². The maximum absolute atomic E-state index is 5.91. The lowest BCUT2D eigenvalue weighted by Crippen LogP contribution is -2.33. The molecule has 0 spiro atoms. The minimum Gasteiger partial charge on any atom is -0.361 e. The van der Waals surface area contributed by atoms with E-state index < -0.39 is 0 Å². The van der Waals surface area contributed by atoms with Crippen molar-refractivity contribution in [3.8, 4) is 0 Å². The van der Waals surface area contributed by atoms with Crippen LogP contribution in [0.25, 0.3) is 0 Å². The highest BCUT2D eigenvalue weighted by atomic mass is 79.9. The SMILES string of the molecule is C[C@@H](N)c1ccc(N2CCn3ccnc3C2)c(Br)c1. The van der Waals surface area contributed by atoms with Crippen LogP contribution in [0.3, 0.4) is 0 Å². The lowest BCUT2D eigenvalue weighted by atomic mass is 10.1. The number of benzene rings is 1. The Labute approximate surface area is 121 Å². The molecule has 100 valence electrons. The molecule has 1 aromatic heterocycles. The second-order valence-electron chi connectivity index (χ2n) is 4.96. The predicted molar refractivity (Wildman–Crippen MR) is 80.0 cm³/mol. The molecule has 0 bridgehead atoms. The van der Waals surface area contributed by atoms with E-state index in [0.29, 0.717) is 0 Å². The summed E-state index contributed by atoms with van der Waals surface area (Å²) in [6, 6.07) is 6.42. The molecule has 0 saturated carbocycles. The molecule has 4 nitrogen and oxygen atoms in total. The first-order chi connectivity index (χ1) is 9.15. The molecule has 0 fully saturated rings. The highest BCUT2D eigenvalue weighted by Gasteiger charge is 2.18. The number of nitrogens with two attached hydrogens (primary N) is 1. The monoisotopic (exact) mass is 320 g/mol. The van der Waals surface area contributed by atoms with Crippen LogP contribution in [0.2, 0.25) is 0 Å². The number of hydrogen-bond donors (Lipinski definition) is 1. The first-order valence-corrected chi connectivity index (χ1v) is 7.24. The van der Waals surface area contributed by atoms with Crippen LogP contribution in [0.15, 0.2) is 35.1 Å². The maximum Gasteiger partial charge on any atom is 0.128 e. The van der Waals surface area contributed by atoms with E-state index in [1.165, 1.54) is 5.69 Å². The Morgan fingerprint density at radius 1 is 1.37 bits per heavy atom. The van der Waals surface area contributed by atoms with Gasteiger partial charge < -0.3 is 15.2 Å². The fourth-order valence-corrected chi connectivity index (χ4v) is 3.09. The largest absolute Gasteiger partial charge is 0.361 e. The van der Waals surface area contributed by atoms with E-state index in [2.05, 4.69) is 48.6 Å². The van der Waals surface area contributed by atoms with E-state index in [1.807, 2.05) is 19.3 Å². The summed E-state index contributed by atoms with van der Waals surface area (Å²) in [5, 5.41) is 0. The molecular weight excluding hydrogens is 304 g/mol. The fourth-order valence-electron chi connectivity index (χ4n) is 2.44. The van der Waals surface area contributed by atoms with Crippen molar-refractivity contribution in [1.29, 1.82) is 0 Å². The number of nitrogens with zero attached hydrogens (tertiary/aromatic N) is 3. The third-order valence-corrected chi connectivity index (χ3v) is 4.22. The van der Waals surface area contributed by atoms with Crippen LogP contribution >= 0.6 is 15.9 Å². The van der Waals surface area contributed by atoms with Crippen molar-refractivity contribution >= 4 is 21.6 Å². The molecule has 0 radical (unpaired) electrons. The minimum atomic E-state index is 0.0607. The zero-order chi connectivity index (χ0) is 13.4. The molecule has 2 aromatic rings. The maximum atomic E-state index is 5.91. The van der Waals surface area contributed by atoms with Gasteiger partial charge in [-0.15, -0.1) is 0 Å². The van der Waals surface area contributed by atoms with Gasteiger partial charge in [-0.25, -0.2) is 4.98 Å². The molecule has 5 heteroatoms. The second kappa shape index (κ2) is 4.98. The summed E-state index contributed by atoms with van der Waals surface area (Å²) in [5.41, 5.74) is 8.27. The number of imidazole rings is 1. The van der Waals surface area contributed by atoms with Gasteiger partial charge in [0.05, 0.1) is 12.2 Å². The van der Waals surface area contributed by atoms with Crippen LogP contribution in [-0.2, 0) is 13.1 Å². The molecule has 0 aliphatic carbocycles.